The highest BCUT2D eigenvalue weighted by molar-refractivity contribution is 7.79. The van der Waals surface area contributed by atoms with Crippen LogP contribution in [0.1, 0.15) is 27.6 Å². The summed E-state index contributed by atoms with van der Waals surface area (Å²) in [6, 6.07) is 3.57. The van der Waals surface area contributed by atoms with Crippen LogP contribution in [0.3, 0.4) is 0 Å². The summed E-state index contributed by atoms with van der Waals surface area (Å²) in [6.45, 7) is 1.29. The largest absolute Gasteiger partial charge is 0.478 e. The molecule has 6 heteroatoms. The number of carboxylic acids is 1. The van der Waals surface area contributed by atoms with Crippen molar-refractivity contribution in [3.8, 4) is 0 Å². The SMILES string of the molecule is CC(=O)c1ccc(S(=O)O)c(C(=O)O)c1. The molecular weight excluding hydrogens is 220 g/mol. The Kier molecular flexibility index (Phi) is 3.33. The average molecular weight is 228 g/mol. The molecule has 0 spiro atoms. The van der Waals surface area contributed by atoms with E-state index in [-0.39, 0.29) is 21.8 Å². The molecule has 0 radical (unpaired) electrons. The van der Waals surface area contributed by atoms with Crippen LogP contribution in [0.15, 0.2) is 23.1 Å². The summed E-state index contributed by atoms with van der Waals surface area (Å²) in [5, 5.41) is 8.76. The minimum atomic E-state index is -2.37. The Hall–Kier alpha value is -1.53. The third kappa shape index (κ3) is 2.48. The van der Waals surface area contributed by atoms with Gasteiger partial charge < -0.3 is 9.66 Å². The van der Waals surface area contributed by atoms with Gasteiger partial charge in [-0.3, -0.25) is 4.79 Å². The van der Waals surface area contributed by atoms with Gasteiger partial charge >= 0.3 is 5.97 Å². The zero-order chi connectivity index (χ0) is 11.6. The molecule has 1 atom stereocenters. The van der Waals surface area contributed by atoms with Crippen molar-refractivity contribution in [2.24, 2.45) is 0 Å². The van der Waals surface area contributed by atoms with Crippen molar-refractivity contribution in [3.63, 3.8) is 0 Å². The van der Waals surface area contributed by atoms with E-state index in [0.29, 0.717) is 0 Å². The highest BCUT2D eigenvalue weighted by atomic mass is 32.2. The number of carbonyl (C=O) groups excluding carboxylic acids is 1. The molecule has 0 bridgehead atoms. The van der Waals surface area contributed by atoms with Crippen LogP contribution in [-0.2, 0) is 11.1 Å². The molecule has 80 valence electrons. The summed E-state index contributed by atoms with van der Waals surface area (Å²) in [4.78, 5) is 21.5. The molecule has 1 aromatic rings. The maximum Gasteiger partial charge on any atom is 0.337 e. The van der Waals surface area contributed by atoms with Crippen molar-refractivity contribution in [3.05, 3.63) is 29.3 Å². The fraction of sp³-hybridized carbons (Fsp3) is 0.111. The first-order valence-corrected chi connectivity index (χ1v) is 5.03. The van der Waals surface area contributed by atoms with Gasteiger partial charge in [0.2, 0.25) is 0 Å². The van der Waals surface area contributed by atoms with Crippen molar-refractivity contribution in [1.29, 1.82) is 0 Å². The van der Waals surface area contributed by atoms with Crippen LogP contribution < -0.4 is 0 Å². The highest BCUT2D eigenvalue weighted by Crippen LogP contribution is 2.15. The van der Waals surface area contributed by atoms with E-state index in [0.717, 1.165) is 12.1 Å². The number of carboxylic acid groups (broad SMARTS) is 1. The summed E-state index contributed by atoms with van der Waals surface area (Å²) in [6.07, 6.45) is 0. The van der Waals surface area contributed by atoms with E-state index in [1.807, 2.05) is 0 Å². The Balaban J connectivity index is 3.40. The van der Waals surface area contributed by atoms with E-state index in [4.69, 9.17) is 9.66 Å². The summed E-state index contributed by atoms with van der Waals surface area (Å²) in [7, 11) is 0. The van der Waals surface area contributed by atoms with Gasteiger partial charge in [-0.1, -0.05) is 6.07 Å². The predicted molar refractivity (Wildman–Crippen MR) is 52.4 cm³/mol. The topological polar surface area (TPSA) is 91.7 Å². The lowest BCUT2D eigenvalue weighted by atomic mass is 10.1. The smallest absolute Gasteiger partial charge is 0.337 e. The van der Waals surface area contributed by atoms with E-state index in [1.165, 1.54) is 13.0 Å². The third-order valence-electron chi connectivity index (χ3n) is 1.80. The molecule has 1 unspecified atom stereocenters. The number of benzene rings is 1. The molecule has 0 saturated heterocycles. The maximum atomic E-state index is 11.0. The number of aromatic carboxylic acids is 1. The zero-order valence-electron chi connectivity index (χ0n) is 7.76. The van der Waals surface area contributed by atoms with Gasteiger partial charge in [0.15, 0.2) is 16.9 Å². The lowest BCUT2D eigenvalue weighted by molar-refractivity contribution is 0.0692. The van der Waals surface area contributed by atoms with Crippen molar-refractivity contribution >= 4 is 22.8 Å². The molecule has 0 heterocycles. The fourth-order valence-corrected chi connectivity index (χ4v) is 1.59. The van der Waals surface area contributed by atoms with E-state index in [9.17, 15) is 13.8 Å². The minimum Gasteiger partial charge on any atom is -0.478 e. The Labute approximate surface area is 88.0 Å². The van der Waals surface area contributed by atoms with Gasteiger partial charge in [-0.15, -0.1) is 0 Å². The molecular formula is C9H8O5S. The number of hydrogen-bond donors (Lipinski definition) is 2. The van der Waals surface area contributed by atoms with E-state index in [2.05, 4.69) is 0 Å². The first-order valence-electron chi connectivity index (χ1n) is 3.92. The first kappa shape index (κ1) is 11.5. The lowest BCUT2D eigenvalue weighted by Gasteiger charge is -2.03. The molecule has 0 aliphatic rings. The summed E-state index contributed by atoms with van der Waals surface area (Å²) >= 11 is -2.37. The molecule has 2 N–H and O–H groups in total. The van der Waals surface area contributed by atoms with Crippen LogP contribution in [0.4, 0.5) is 0 Å². The molecule has 0 aliphatic heterocycles. The Bertz CT molecular complexity index is 452. The maximum absolute atomic E-state index is 11.0. The lowest BCUT2D eigenvalue weighted by Crippen LogP contribution is -2.06. The van der Waals surface area contributed by atoms with Crippen LogP contribution in [0.25, 0.3) is 0 Å². The highest BCUT2D eigenvalue weighted by Gasteiger charge is 2.15. The Morgan fingerprint density at radius 3 is 2.33 bits per heavy atom. The van der Waals surface area contributed by atoms with Gasteiger partial charge in [-0.05, 0) is 19.1 Å². The number of rotatable bonds is 3. The predicted octanol–water partition coefficient (Wildman–Crippen LogP) is 1.17. The van der Waals surface area contributed by atoms with E-state index in [1.54, 1.807) is 0 Å². The van der Waals surface area contributed by atoms with Gasteiger partial charge in [0, 0.05) is 5.56 Å². The minimum absolute atomic E-state index is 0.196. The standard InChI is InChI=1S/C9H8O5S/c1-5(10)6-2-3-8(15(13)14)7(4-6)9(11)12/h2-4H,1H3,(H,11,12)(H,13,14). The second-order valence-corrected chi connectivity index (χ2v) is 3.76. The molecule has 1 aromatic carbocycles. The molecule has 0 amide bonds. The van der Waals surface area contributed by atoms with Gasteiger partial charge in [0.25, 0.3) is 0 Å². The summed E-state index contributed by atoms with van der Waals surface area (Å²) in [5.41, 5.74) is -0.134. The van der Waals surface area contributed by atoms with Crippen molar-refractivity contribution in [2.75, 3.05) is 0 Å². The van der Waals surface area contributed by atoms with Crippen LogP contribution in [0.2, 0.25) is 0 Å². The first-order chi connectivity index (χ1) is 6.93. The molecule has 1 rings (SSSR count). The molecule has 15 heavy (non-hydrogen) atoms. The van der Waals surface area contributed by atoms with Crippen LogP contribution in [0, 0.1) is 0 Å². The van der Waals surface area contributed by atoms with E-state index < -0.39 is 17.0 Å². The molecule has 0 aliphatic carbocycles. The number of hydrogen-bond acceptors (Lipinski definition) is 3. The fourth-order valence-electron chi connectivity index (χ4n) is 1.07. The normalized spacial score (nSPS) is 12.1. The molecule has 0 saturated carbocycles. The van der Waals surface area contributed by atoms with Crippen molar-refractivity contribution in [1.82, 2.24) is 0 Å². The summed E-state index contributed by atoms with van der Waals surface area (Å²) < 4.78 is 19.6. The molecule has 0 aromatic heterocycles. The van der Waals surface area contributed by atoms with Crippen LogP contribution in [0.5, 0.6) is 0 Å². The third-order valence-corrected chi connectivity index (χ3v) is 2.54. The van der Waals surface area contributed by atoms with Crippen LogP contribution >= 0.6 is 0 Å². The molecule has 0 fully saturated rings. The zero-order valence-corrected chi connectivity index (χ0v) is 8.58. The van der Waals surface area contributed by atoms with Gasteiger partial charge in [0.1, 0.15) is 0 Å². The van der Waals surface area contributed by atoms with Crippen molar-refractivity contribution in [2.45, 2.75) is 11.8 Å². The Morgan fingerprint density at radius 2 is 1.93 bits per heavy atom. The van der Waals surface area contributed by atoms with Gasteiger partial charge in [-0.25, -0.2) is 9.00 Å². The van der Waals surface area contributed by atoms with E-state index >= 15 is 0 Å². The van der Waals surface area contributed by atoms with Gasteiger partial charge in [-0.2, -0.15) is 0 Å². The van der Waals surface area contributed by atoms with Gasteiger partial charge in [0.05, 0.1) is 10.5 Å². The Morgan fingerprint density at radius 1 is 1.33 bits per heavy atom. The quantitative estimate of drug-likeness (QED) is 0.598. The second kappa shape index (κ2) is 4.33. The second-order valence-electron chi connectivity index (χ2n) is 2.82. The van der Waals surface area contributed by atoms with Crippen molar-refractivity contribution < 1.29 is 23.5 Å². The monoisotopic (exact) mass is 228 g/mol. The molecule has 5 nitrogen and oxygen atoms in total. The average Bonchev–Trinajstić information content (AvgIpc) is 2.16. The summed E-state index contributed by atoms with van der Waals surface area (Å²) in [5.74, 6) is -1.64. The number of ketones is 1. The number of carbonyl (C=O) groups is 2. The number of Topliss-reactive ketones (excluding diaryl/α,β-unsaturated/α-hetero) is 1. The van der Waals surface area contributed by atoms with Crippen LogP contribution in [-0.4, -0.2) is 25.6 Å².